The highest BCUT2D eigenvalue weighted by Gasteiger charge is 2.13. The number of rotatable bonds is 5. The Kier molecular flexibility index (Phi) is 13.7. The van der Waals surface area contributed by atoms with E-state index in [4.69, 9.17) is 10.4 Å². The van der Waals surface area contributed by atoms with Gasteiger partial charge in [0.25, 0.3) is 11.8 Å². The smallest absolute Gasteiger partial charge is 0.274 e. The van der Waals surface area contributed by atoms with Crippen LogP contribution < -0.4 is 0 Å². The number of hydroxylamine groups is 4. The van der Waals surface area contributed by atoms with Crippen molar-refractivity contribution < 1.29 is 23.7 Å². The van der Waals surface area contributed by atoms with Crippen LogP contribution in [0.1, 0.15) is 35.8 Å². The predicted molar refractivity (Wildman–Crippen MR) is 109 cm³/mol. The molecule has 30 heavy (non-hydrogen) atoms. The molecule has 164 valence electrons. The Morgan fingerprint density at radius 3 is 1.87 bits per heavy atom. The Balaban J connectivity index is 0. The first-order valence-electron chi connectivity index (χ1n) is 7.63. The summed E-state index contributed by atoms with van der Waals surface area (Å²) in [4.78, 5) is 42.0. The lowest BCUT2D eigenvalue weighted by Gasteiger charge is -2.12. The summed E-state index contributed by atoms with van der Waals surface area (Å²) >= 11 is 0. The van der Waals surface area contributed by atoms with Crippen molar-refractivity contribution in [3.8, 4) is 0 Å². The minimum atomic E-state index is -0.685. The van der Waals surface area contributed by atoms with E-state index in [1.54, 1.807) is 6.07 Å². The monoisotopic (exact) mass is 423 g/mol. The fraction of sp³-hybridized carbons (Fsp3) is 0.333. The van der Waals surface area contributed by atoms with Crippen LogP contribution in [0.5, 0.6) is 0 Å². The van der Waals surface area contributed by atoms with Crippen LogP contribution in [-0.2, 0) is 9.68 Å². The van der Waals surface area contributed by atoms with Gasteiger partial charge in [0.05, 0.1) is 14.2 Å². The minimum absolute atomic E-state index is 0. The second kappa shape index (κ2) is 14.4. The zero-order valence-electron chi connectivity index (χ0n) is 15.6. The summed E-state index contributed by atoms with van der Waals surface area (Å²) in [5, 5.41) is 5.30. The molecule has 0 N–H and O–H groups in total. The second-order valence-electron chi connectivity index (χ2n) is 4.89. The molecule has 0 spiro atoms. The standard InChI is InChI=1S/C8H9FN2O2.C8H9N5O2.2CH4/c1-11(13-2)8(12)6-4-3-5-7(9)10-6;1-13(15-2)8(14)6-4-3-5-7(10-6)11-12-9;;/h3-5H,1-2H3;3-5H,1-2H3;2*1H4. The normalized spacial score (nSPS) is 8.83. The number of aromatic nitrogens is 2. The van der Waals surface area contributed by atoms with Gasteiger partial charge in [-0.25, -0.2) is 20.1 Å². The van der Waals surface area contributed by atoms with Crippen molar-refractivity contribution in [2.24, 2.45) is 5.11 Å². The van der Waals surface area contributed by atoms with Gasteiger partial charge in [-0.2, -0.15) is 4.39 Å². The molecule has 0 radical (unpaired) electrons. The number of nitrogens with zero attached hydrogens (tertiary/aromatic N) is 7. The fourth-order valence-electron chi connectivity index (χ4n) is 1.66. The Morgan fingerprint density at radius 2 is 1.43 bits per heavy atom. The molecule has 0 aromatic carbocycles. The zero-order chi connectivity index (χ0) is 21.1. The van der Waals surface area contributed by atoms with Crippen molar-refractivity contribution in [1.29, 1.82) is 0 Å². The molecule has 0 atom stereocenters. The van der Waals surface area contributed by atoms with Crippen LogP contribution in [0.2, 0.25) is 0 Å². The van der Waals surface area contributed by atoms with E-state index in [0.29, 0.717) is 0 Å². The molecule has 12 heteroatoms. The number of hydrogen-bond acceptors (Lipinski definition) is 7. The predicted octanol–water partition coefficient (Wildman–Crippen LogP) is 3.78. The number of amides is 2. The van der Waals surface area contributed by atoms with E-state index in [2.05, 4.69) is 24.8 Å². The first-order valence-corrected chi connectivity index (χ1v) is 7.63. The molecule has 2 amide bonds. The van der Waals surface area contributed by atoms with Crippen molar-refractivity contribution >= 4 is 17.6 Å². The summed E-state index contributed by atoms with van der Waals surface area (Å²) in [6.45, 7) is 0. The van der Waals surface area contributed by atoms with Crippen LogP contribution in [0.4, 0.5) is 10.2 Å². The summed E-state index contributed by atoms with van der Waals surface area (Å²) in [6.07, 6.45) is 0. The van der Waals surface area contributed by atoms with Crippen molar-refractivity contribution in [2.45, 2.75) is 14.9 Å². The summed E-state index contributed by atoms with van der Waals surface area (Å²) in [7, 11) is 5.60. The van der Waals surface area contributed by atoms with Crippen LogP contribution in [0, 0.1) is 5.95 Å². The molecular formula is C18H26FN7O4. The average Bonchev–Trinajstić information content (AvgIpc) is 2.72. The van der Waals surface area contributed by atoms with Gasteiger partial charge in [-0.1, -0.05) is 27.0 Å². The highest BCUT2D eigenvalue weighted by Crippen LogP contribution is 2.10. The highest BCUT2D eigenvalue weighted by atomic mass is 19.1. The molecule has 2 aromatic heterocycles. The summed E-state index contributed by atoms with van der Waals surface area (Å²) < 4.78 is 12.6. The van der Waals surface area contributed by atoms with Crippen molar-refractivity contribution in [3.05, 3.63) is 64.2 Å². The maximum Gasteiger partial charge on any atom is 0.295 e. The van der Waals surface area contributed by atoms with Gasteiger partial charge in [0.2, 0.25) is 5.95 Å². The van der Waals surface area contributed by atoms with E-state index in [0.717, 1.165) is 10.1 Å². The molecule has 0 bridgehead atoms. The van der Waals surface area contributed by atoms with Crippen LogP contribution in [0.25, 0.3) is 10.4 Å². The van der Waals surface area contributed by atoms with Crippen molar-refractivity contribution in [1.82, 2.24) is 20.1 Å². The van der Waals surface area contributed by atoms with Crippen LogP contribution >= 0.6 is 0 Å². The van der Waals surface area contributed by atoms with Gasteiger partial charge >= 0.3 is 0 Å². The summed E-state index contributed by atoms with van der Waals surface area (Å²) in [5.74, 6) is -1.43. The molecule has 0 unspecified atom stereocenters. The molecule has 0 aliphatic carbocycles. The van der Waals surface area contributed by atoms with Crippen LogP contribution in [0.3, 0.4) is 0 Å². The third-order valence-electron chi connectivity index (χ3n) is 3.15. The largest absolute Gasteiger partial charge is 0.295 e. The lowest BCUT2D eigenvalue weighted by Crippen LogP contribution is -2.26. The maximum atomic E-state index is 12.6. The molecule has 0 saturated heterocycles. The van der Waals surface area contributed by atoms with Gasteiger partial charge in [-0.05, 0) is 34.9 Å². The Labute approximate surface area is 174 Å². The van der Waals surface area contributed by atoms with Gasteiger partial charge in [-0.15, -0.1) is 0 Å². The minimum Gasteiger partial charge on any atom is -0.274 e. The molecular weight excluding hydrogens is 397 g/mol. The Morgan fingerprint density at radius 1 is 0.967 bits per heavy atom. The summed E-state index contributed by atoms with van der Waals surface area (Å²) in [6, 6.07) is 8.59. The molecule has 0 saturated carbocycles. The molecule has 0 aliphatic heterocycles. The van der Waals surface area contributed by atoms with Crippen LogP contribution in [-0.4, -0.2) is 60.2 Å². The van der Waals surface area contributed by atoms with Crippen molar-refractivity contribution in [3.63, 3.8) is 0 Å². The quantitative estimate of drug-likeness (QED) is 0.236. The number of halogens is 1. The van der Waals surface area contributed by atoms with Gasteiger partial charge in [-0.3, -0.25) is 19.3 Å². The summed E-state index contributed by atoms with van der Waals surface area (Å²) in [5.41, 5.74) is 8.38. The van der Waals surface area contributed by atoms with Crippen LogP contribution in [0.15, 0.2) is 41.5 Å². The van der Waals surface area contributed by atoms with E-state index >= 15 is 0 Å². The molecule has 0 fully saturated rings. The van der Waals surface area contributed by atoms with E-state index in [-0.39, 0.29) is 32.1 Å². The SMILES string of the molecule is C.C.CON(C)C(=O)c1cccc(F)n1.CON(C)C(=O)c1cccc(N=[N+]=[N-])n1. The van der Waals surface area contributed by atoms with Gasteiger partial charge in [0.1, 0.15) is 17.2 Å². The van der Waals surface area contributed by atoms with Gasteiger partial charge in [0.15, 0.2) is 0 Å². The van der Waals surface area contributed by atoms with Gasteiger partial charge in [0, 0.05) is 19.0 Å². The number of carbonyl (C=O) groups is 2. The Bertz CT molecular complexity index is 875. The maximum absolute atomic E-state index is 12.6. The number of pyridine rings is 2. The van der Waals surface area contributed by atoms with Crippen molar-refractivity contribution in [2.75, 3.05) is 28.3 Å². The molecule has 2 heterocycles. The lowest BCUT2D eigenvalue weighted by atomic mass is 10.3. The molecule has 2 aromatic rings. The first-order chi connectivity index (χ1) is 13.3. The van der Waals surface area contributed by atoms with E-state index < -0.39 is 17.8 Å². The Hall–Kier alpha value is -3.60. The number of hydrogen-bond donors (Lipinski definition) is 0. The average molecular weight is 423 g/mol. The lowest BCUT2D eigenvalue weighted by molar-refractivity contribution is -0.0761. The number of carbonyl (C=O) groups excluding carboxylic acids is 2. The van der Waals surface area contributed by atoms with E-state index in [1.807, 2.05) is 0 Å². The fourth-order valence-corrected chi connectivity index (χ4v) is 1.66. The highest BCUT2D eigenvalue weighted by molar-refractivity contribution is 5.91. The molecule has 0 aliphatic rings. The topological polar surface area (TPSA) is 134 Å². The first kappa shape index (κ1) is 28.6. The third-order valence-corrected chi connectivity index (χ3v) is 3.15. The second-order valence-corrected chi connectivity index (χ2v) is 4.89. The van der Waals surface area contributed by atoms with E-state index in [9.17, 15) is 14.0 Å². The molecule has 11 nitrogen and oxygen atoms in total. The zero-order valence-corrected chi connectivity index (χ0v) is 15.6. The molecule has 2 rings (SSSR count). The number of azide groups is 1. The van der Waals surface area contributed by atoms with Gasteiger partial charge < -0.3 is 0 Å². The van der Waals surface area contributed by atoms with E-state index in [1.165, 1.54) is 58.6 Å². The third kappa shape index (κ3) is 8.61.